The van der Waals surface area contributed by atoms with Gasteiger partial charge in [-0.05, 0) is 47.9 Å². The number of carbonyl (C=O) groups excluding carboxylic acids is 1. The number of benzene rings is 2. The monoisotopic (exact) mass is 545 g/mol. The number of ether oxygens (including phenoxy) is 1. The van der Waals surface area contributed by atoms with E-state index in [4.69, 9.17) is 17.7 Å². The molecular formula is C26H22F3N3O5S. The Morgan fingerprint density at radius 1 is 1.13 bits per heavy atom. The Balaban J connectivity index is 0.000000368. The number of amides is 1. The molecule has 198 valence electrons. The van der Waals surface area contributed by atoms with Gasteiger partial charge < -0.3 is 15.0 Å². The van der Waals surface area contributed by atoms with Gasteiger partial charge in [-0.1, -0.05) is 30.3 Å². The van der Waals surface area contributed by atoms with Crippen molar-refractivity contribution in [2.45, 2.75) is 11.6 Å². The number of allylic oxidation sites excluding steroid dienone is 3. The number of aromatic nitrogens is 1. The summed E-state index contributed by atoms with van der Waals surface area (Å²) in [7, 11) is -1.81. The van der Waals surface area contributed by atoms with Crippen molar-refractivity contribution >= 4 is 38.1 Å². The molecule has 12 heteroatoms. The molecule has 1 aromatic heterocycles. The van der Waals surface area contributed by atoms with E-state index in [2.05, 4.69) is 21.3 Å². The minimum atomic E-state index is -5.84. The predicted molar refractivity (Wildman–Crippen MR) is 137 cm³/mol. The van der Waals surface area contributed by atoms with Crippen LogP contribution in [0.1, 0.15) is 16.1 Å². The second kappa shape index (κ2) is 10.3. The van der Waals surface area contributed by atoms with Gasteiger partial charge in [-0.2, -0.15) is 21.6 Å². The van der Waals surface area contributed by atoms with Crippen LogP contribution in [0.3, 0.4) is 0 Å². The van der Waals surface area contributed by atoms with Crippen LogP contribution in [0.4, 0.5) is 18.9 Å². The maximum absolute atomic E-state index is 13.0. The smallest absolute Gasteiger partial charge is 0.481 e. The van der Waals surface area contributed by atoms with Crippen LogP contribution in [-0.4, -0.2) is 49.6 Å². The Morgan fingerprint density at radius 2 is 1.84 bits per heavy atom. The second-order valence-electron chi connectivity index (χ2n) is 8.48. The average Bonchev–Trinajstić information content (AvgIpc) is 3.06. The maximum Gasteiger partial charge on any atom is 0.522 e. The molecule has 2 N–H and O–H groups in total. The Labute approximate surface area is 216 Å². The molecule has 0 spiro atoms. The fraction of sp³-hybridized carbons (Fsp3) is 0.154. The normalized spacial score (nSPS) is 16.1. The highest BCUT2D eigenvalue weighted by molar-refractivity contribution is 7.86. The van der Waals surface area contributed by atoms with Crippen molar-refractivity contribution in [3.8, 4) is 5.75 Å². The predicted octanol–water partition coefficient (Wildman–Crippen LogP) is 4.72. The van der Waals surface area contributed by atoms with Gasteiger partial charge in [0, 0.05) is 48.2 Å². The Kier molecular flexibility index (Phi) is 7.29. The van der Waals surface area contributed by atoms with E-state index in [1.807, 2.05) is 80.9 Å². The molecule has 8 nitrogen and oxygen atoms in total. The minimum absolute atomic E-state index is 0.168. The summed E-state index contributed by atoms with van der Waals surface area (Å²) in [6, 6.07) is 15.8. The number of halogens is 3. The minimum Gasteiger partial charge on any atom is -0.481 e. The fourth-order valence-electron chi connectivity index (χ4n) is 3.83. The van der Waals surface area contributed by atoms with E-state index >= 15 is 0 Å². The van der Waals surface area contributed by atoms with E-state index in [9.17, 15) is 18.0 Å². The van der Waals surface area contributed by atoms with Crippen molar-refractivity contribution < 1.29 is 35.7 Å². The highest BCUT2D eigenvalue weighted by Crippen LogP contribution is 2.41. The molecule has 1 amide bonds. The van der Waals surface area contributed by atoms with Crippen LogP contribution < -0.4 is 15.0 Å². The van der Waals surface area contributed by atoms with E-state index in [0.29, 0.717) is 11.4 Å². The molecular weight excluding hydrogens is 523 g/mol. The van der Waals surface area contributed by atoms with E-state index < -0.39 is 15.6 Å². The quantitative estimate of drug-likeness (QED) is 0.362. The molecule has 1 unspecified atom stereocenters. The van der Waals surface area contributed by atoms with Gasteiger partial charge in [-0.25, -0.2) is 0 Å². The second-order valence-corrected chi connectivity index (χ2v) is 9.89. The van der Waals surface area contributed by atoms with Crippen molar-refractivity contribution in [2.24, 2.45) is 0 Å². The van der Waals surface area contributed by atoms with Crippen LogP contribution in [-0.2, 0) is 10.1 Å². The lowest BCUT2D eigenvalue weighted by Crippen LogP contribution is -2.23. The zero-order valence-corrected chi connectivity index (χ0v) is 20.9. The summed E-state index contributed by atoms with van der Waals surface area (Å²) in [4.78, 5) is 19.4. The van der Waals surface area contributed by atoms with Crippen LogP contribution in [0.15, 0.2) is 84.7 Å². The van der Waals surface area contributed by atoms with Crippen molar-refractivity contribution in [3.63, 3.8) is 0 Å². The average molecular weight is 546 g/mol. The highest BCUT2D eigenvalue weighted by Gasteiger charge is 2.44. The van der Waals surface area contributed by atoms with Crippen molar-refractivity contribution in [2.75, 3.05) is 19.0 Å². The van der Waals surface area contributed by atoms with Gasteiger partial charge in [0.15, 0.2) is 0 Å². The van der Waals surface area contributed by atoms with Gasteiger partial charge in [0.25, 0.3) is 5.91 Å². The molecule has 5 rings (SSSR count). The molecule has 1 atom stereocenters. The summed E-state index contributed by atoms with van der Waals surface area (Å²) in [6.45, 7) is 0. The zero-order valence-electron chi connectivity index (χ0n) is 20.1. The first-order valence-electron chi connectivity index (χ1n) is 11.1. The first-order chi connectivity index (χ1) is 17.8. The Morgan fingerprint density at radius 3 is 2.53 bits per heavy atom. The molecule has 38 heavy (non-hydrogen) atoms. The molecule has 2 aromatic carbocycles. The largest absolute Gasteiger partial charge is 0.522 e. The molecule has 2 aliphatic rings. The number of hydrogen-bond donors (Lipinski definition) is 2. The third-order valence-electron chi connectivity index (χ3n) is 5.66. The first-order valence-corrected chi connectivity index (χ1v) is 12.6. The van der Waals surface area contributed by atoms with Crippen LogP contribution in [0, 0.1) is 0 Å². The fourth-order valence-corrected chi connectivity index (χ4v) is 3.83. The number of pyridine rings is 1. The molecule has 2 heterocycles. The Hall–Kier alpha value is -4.16. The number of alkyl halides is 3. The molecule has 1 aliphatic carbocycles. The summed E-state index contributed by atoms with van der Waals surface area (Å²) < 4.78 is 63.6. The van der Waals surface area contributed by atoms with Crippen LogP contribution in [0.5, 0.6) is 5.75 Å². The zero-order chi connectivity index (χ0) is 27.7. The molecule has 0 fully saturated rings. The summed E-state index contributed by atoms with van der Waals surface area (Å²) >= 11 is 0. The van der Waals surface area contributed by atoms with E-state index in [0.717, 1.165) is 33.3 Å². The van der Waals surface area contributed by atoms with Gasteiger partial charge in [0.05, 0.1) is 0 Å². The van der Waals surface area contributed by atoms with Crippen molar-refractivity contribution in [3.05, 3.63) is 96.0 Å². The molecule has 0 saturated carbocycles. The number of nitrogens with one attached hydrogen (secondary N) is 1. The number of anilines is 1. The van der Waals surface area contributed by atoms with Gasteiger partial charge >= 0.3 is 15.6 Å². The number of hydrogen-bond acceptors (Lipinski definition) is 6. The van der Waals surface area contributed by atoms with E-state index in [1.165, 1.54) is 0 Å². The molecule has 3 aromatic rings. The van der Waals surface area contributed by atoms with Gasteiger partial charge in [0.1, 0.15) is 17.5 Å². The van der Waals surface area contributed by atoms with Crippen molar-refractivity contribution in [1.29, 1.82) is 0 Å². The molecule has 0 bridgehead atoms. The van der Waals surface area contributed by atoms with Crippen LogP contribution >= 0.6 is 0 Å². The lowest BCUT2D eigenvalue weighted by atomic mass is 10.0. The summed E-state index contributed by atoms with van der Waals surface area (Å²) in [6.07, 6.45) is 9.28. The third-order valence-corrected chi connectivity index (χ3v) is 6.25. The van der Waals surface area contributed by atoms with Gasteiger partial charge in [-0.3, -0.25) is 14.3 Å². The lowest BCUT2D eigenvalue weighted by Gasteiger charge is -2.13. The summed E-state index contributed by atoms with van der Waals surface area (Å²) in [5, 5.41) is 4.83. The summed E-state index contributed by atoms with van der Waals surface area (Å²) in [5.41, 5.74) is -1.25. The molecule has 1 aliphatic heterocycles. The topological polar surface area (TPSA) is 109 Å². The first kappa shape index (κ1) is 26.9. The number of carbonyl (C=O) groups is 1. The highest BCUT2D eigenvalue weighted by atomic mass is 32.2. The van der Waals surface area contributed by atoms with E-state index in [-0.39, 0.29) is 12.0 Å². The summed E-state index contributed by atoms with van der Waals surface area (Å²) in [5.74, 6) is 0.618. The van der Waals surface area contributed by atoms with Crippen LogP contribution in [0.25, 0.3) is 16.3 Å². The number of fused-ring (bicyclic) bond motifs is 4. The molecule has 0 radical (unpaired) electrons. The maximum atomic E-state index is 13.0. The standard InChI is InChI=1S/C25H21N3O2.CHF3O3S/c1-28(2)18-10-11-23-21(15-18)20-14-17(7-5-9-22(20)30-23)27-25(29)24-19-8-4-3-6-16(19)12-13-26-24;2-1(3,4)8(5,6)7/h3-15,22H,1-2H3,(H,27,29);(H,5,6,7). The molecule has 0 saturated heterocycles. The lowest BCUT2D eigenvalue weighted by molar-refractivity contribution is -0.0510. The van der Waals surface area contributed by atoms with Crippen molar-refractivity contribution in [1.82, 2.24) is 10.3 Å². The number of nitrogens with zero attached hydrogens (tertiary/aromatic N) is 2. The number of rotatable bonds is 3. The Bertz CT molecular complexity index is 1590. The van der Waals surface area contributed by atoms with Crippen LogP contribution in [0.2, 0.25) is 0 Å². The van der Waals surface area contributed by atoms with E-state index in [1.54, 1.807) is 6.20 Å². The third kappa shape index (κ3) is 5.71. The van der Waals surface area contributed by atoms with Gasteiger partial charge in [0.2, 0.25) is 0 Å². The van der Waals surface area contributed by atoms with Gasteiger partial charge in [-0.15, -0.1) is 0 Å². The SMILES string of the molecule is CN(C)c1ccc2c(c1)C1=CC(NC(=O)c3nccc4ccccc34)=CC=CC1O2.O=S(=O)(O)C(F)(F)F.